The van der Waals surface area contributed by atoms with E-state index in [2.05, 4.69) is 5.32 Å². The lowest BCUT2D eigenvalue weighted by Gasteiger charge is -2.27. The third-order valence-corrected chi connectivity index (χ3v) is 7.16. The average molecular weight is 490 g/mol. The Morgan fingerprint density at radius 1 is 1.09 bits per heavy atom. The summed E-state index contributed by atoms with van der Waals surface area (Å²) in [6.45, 7) is 5.44. The Morgan fingerprint density at radius 2 is 1.68 bits per heavy atom. The first kappa shape index (κ1) is 24.9. The monoisotopic (exact) mass is 489 g/mol. The van der Waals surface area contributed by atoms with Crippen molar-refractivity contribution < 1.29 is 27.6 Å². The van der Waals surface area contributed by atoms with Crippen LogP contribution in [-0.4, -0.2) is 44.1 Å². The van der Waals surface area contributed by atoms with Crippen molar-refractivity contribution in [1.29, 1.82) is 0 Å². The number of carbonyl (C=O) groups is 2. The second-order valence-corrected chi connectivity index (χ2v) is 13.7. The maximum absolute atomic E-state index is 14.7. The second kappa shape index (κ2) is 9.63. The van der Waals surface area contributed by atoms with Crippen LogP contribution in [0.15, 0.2) is 51.8 Å². The van der Waals surface area contributed by atoms with Gasteiger partial charge in [-0.05, 0) is 29.8 Å². The van der Waals surface area contributed by atoms with Crippen LogP contribution in [0.1, 0.15) is 22.2 Å². The molecule has 0 radical (unpaired) electrons. The molecular weight excluding hydrogens is 464 g/mol. The van der Waals surface area contributed by atoms with Gasteiger partial charge in [-0.2, -0.15) is 5.16 Å². The van der Waals surface area contributed by atoms with E-state index in [1.165, 1.54) is 14.2 Å². The number of likely N-dealkylation sites (N-methyl/N-ethyl adjacent to an activating group) is 1. The van der Waals surface area contributed by atoms with Gasteiger partial charge in [-0.25, -0.2) is 8.78 Å². The number of nitrogens with one attached hydrogen (secondary N) is 2. The lowest BCUT2D eigenvalue weighted by Crippen LogP contribution is -2.42. The first-order chi connectivity index (χ1) is 15.9. The number of halogens is 2. The van der Waals surface area contributed by atoms with Crippen molar-refractivity contribution in [2.75, 3.05) is 19.5 Å². The van der Waals surface area contributed by atoms with Gasteiger partial charge in [-0.3, -0.25) is 14.4 Å². The molecule has 0 unspecified atom stereocenters. The van der Waals surface area contributed by atoms with Crippen LogP contribution in [0.25, 0.3) is 0 Å². The molecule has 0 spiro atoms. The first-order valence-corrected chi connectivity index (χ1v) is 13.8. The van der Waals surface area contributed by atoms with E-state index in [0.29, 0.717) is 11.3 Å². The lowest BCUT2D eigenvalue weighted by atomic mass is 10.0. The molecular formula is C23H25F2N3O5Si. The molecule has 0 bridgehead atoms. The molecule has 8 nitrogen and oxygen atoms in total. The number of nitrogens with zero attached hydrogens (tertiary/aromatic N) is 1. The third-order valence-electron chi connectivity index (χ3n) is 5.18. The average Bonchev–Trinajstić information content (AvgIpc) is 3.18. The summed E-state index contributed by atoms with van der Waals surface area (Å²) in [4.78, 5) is 38.6. The zero-order valence-corrected chi connectivity index (χ0v) is 20.4. The Morgan fingerprint density at radius 3 is 2.15 bits per heavy atom. The molecule has 180 valence electrons. The van der Waals surface area contributed by atoms with Gasteiger partial charge in [0.15, 0.2) is 0 Å². The number of hydrogen-bond donors (Lipinski definition) is 2. The molecule has 0 aliphatic heterocycles. The maximum Gasteiger partial charge on any atom is 0.293 e. The van der Waals surface area contributed by atoms with Crippen molar-refractivity contribution >= 4 is 30.8 Å². The Hall–Kier alpha value is -3.73. The number of anilines is 1. The molecule has 11 heteroatoms. The Kier molecular flexibility index (Phi) is 7.06. The molecule has 0 saturated carbocycles. The van der Waals surface area contributed by atoms with Gasteiger partial charge in [0.2, 0.25) is 5.76 Å². The molecule has 34 heavy (non-hydrogen) atoms. The third kappa shape index (κ3) is 5.25. The van der Waals surface area contributed by atoms with Gasteiger partial charge in [-0.1, -0.05) is 31.8 Å². The fourth-order valence-corrected chi connectivity index (χ4v) is 5.17. The second-order valence-electron chi connectivity index (χ2n) is 8.72. The molecule has 3 aromatic rings. The van der Waals surface area contributed by atoms with E-state index in [4.69, 9.17) is 9.26 Å². The zero-order valence-electron chi connectivity index (χ0n) is 19.4. The minimum absolute atomic E-state index is 0.0342. The summed E-state index contributed by atoms with van der Waals surface area (Å²) in [5.41, 5.74) is -0.308. The smallest absolute Gasteiger partial charge is 0.293 e. The molecule has 0 aliphatic carbocycles. The van der Waals surface area contributed by atoms with Gasteiger partial charge in [-0.15, -0.1) is 0 Å². The summed E-state index contributed by atoms with van der Waals surface area (Å²) in [7, 11) is 0.525. The number of H-pyrrole nitrogens is 1. The highest BCUT2D eigenvalue weighted by Crippen LogP contribution is 2.26. The van der Waals surface area contributed by atoms with E-state index in [-0.39, 0.29) is 16.6 Å². The molecule has 2 aromatic carbocycles. The molecule has 1 atom stereocenters. The van der Waals surface area contributed by atoms with Gasteiger partial charge < -0.3 is 19.5 Å². The number of methoxy groups -OCH3 is 1. The van der Waals surface area contributed by atoms with Crippen molar-refractivity contribution in [2.45, 2.75) is 25.7 Å². The normalized spacial score (nSPS) is 12.2. The first-order valence-electron chi connectivity index (χ1n) is 10.3. The predicted molar refractivity (Wildman–Crippen MR) is 125 cm³/mol. The summed E-state index contributed by atoms with van der Waals surface area (Å²) in [6, 6.07) is 8.23. The fourth-order valence-electron chi connectivity index (χ4n) is 3.59. The summed E-state index contributed by atoms with van der Waals surface area (Å²) in [5.74, 6) is -2.72. The Balaban J connectivity index is 1.98. The number of benzene rings is 2. The van der Waals surface area contributed by atoms with Crippen molar-refractivity contribution in [3.63, 3.8) is 0 Å². The number of amides is 2. The summed E-state index contributed by atoms with van der Waals surface area (Å²) < 4.78 is 39.4. The van der Waals surface area contributed by atoms with Crippen molar-refractivity contribution in [2.24, 2.45) is 0 Å². The van der Waals surface area contributed by atoms with Crippen molar-refractivity contribution in [1.82, 2.24) is 10.1 Å². The highest BCUT2D eigenvalue weighted by Gasteiger charge is 2.32. The fraction of sp³-hybridized carbons (Fsp3) is 0.261. The van der Waals surface area contributed by atoms with Crippen molar-refractivity contribution in [3.05, 3.63) is 75.8 Å². The number of rotatable bonds is 7. The quantitative estimate of drug-likeness (QED) is 0.496. The minimum Gasteiger partial charge on any atom is -0.497 e. The van der Waals surface area contributed by atoms with E-state index in [1.54, 1.807) is 24.3 Å². The number of aromatic nitrogens is 1. The predicted octanol–water partition coefficient (Wildman–Crippen LogP) is 3.25. The lowest BCUT2D eigenvalue weighted by molar-refractivity contribution is -0.120. The SMILES string of the molecule is COc1ccc([C@@H](C(=O)Nc2cc(F)c([Si](C)(C)C)c(F)c2)N(C)C(=O)c2cc(=O)[nH]o2)cc1. The summed E-state index contributed by atoms with van der Waals surface area (Å²) in [6.07, 6.45) is 0. The van der Waals surface area contributed by atoms with Crippen LogP contribution >= 0.6 is 0 Å². The van der Waals surface area contributed by atoms with Gasteiger partial charge in [0.1, 0.15) is 23.4 Å². The number of hydrogen-bond acceptors (Lipinski definition) is 5. The molecule has 0 fully saturated rings. The summed E-state index contributed by atoms with van der Waals surface area (Å²) in [5, 5.41) is 4.55. The van der Waals surface area contributed by atoms with E-state index >= 15 is 0 Å². The zero-order chi connectivity index (χ0) is 25.2. The number of ether oxygens (including phenoxy) is 1. The largest absolute Gasteiger partial charge is 0.497 e. The topological polar surface area (TPSA) is 105 Å². The molecule has 1 heterocycles. The van der Waals surface area contributed by atoms with Gasteiger partial charge in [0.05, 0.1) is 21.3 Å². The van der Waals surface area contributed by atoms with E-state index in [9.17, 15) is 23.2 Å². The molecule has 2 N–H and O–H groups in total. The van der Waals surface area contributed by atoms with Crippen LogP contribution < -0.4 is 20.8 Å². The highest BCUT2D eigenvalue weighted by molar-refractivity contribution is 6.88. The minimum atomic E-state index is -2.30. The maximum atomic E-state index is 14.7. The summed E-state index contributed by atoms with van der Waals surface area (Å²) >= 11 is 0. The van der Waals surface area contributed by atoms with Crippen LogP contribution in [0.4, 0.5) is 14.5 Å². The van der Waals surface area contributed by atoms with Crippen LogP contribution in [-0.2, 0) is 4.79 Å². The molecule has 3 rings (SSSR count). The Bertz CT molecular complexity index is 1240. The van der Waals surface area contributed by atoms with Crippen LogP contribution in [0.2, 0.25) is 19.6 Å². The van der Waals surface area contributed by atoms with E-state index in [0.717, 1.165) is 23.1 Å². The van der Waals surface area contributed by atoms with Crippen LogP contribution in [0, 0.1) is 11.6 Å². The van der Waals surface area contributed by atoms with Gasteiger partial charge in [0.25, 0.3) is 17.4 Å². The standard InChI is InChI=1S/C23H25F2N3O5Si/c1-28(23(31)18-12-19(29)27-33-18)20(13-6-8-15(32-2)9-7-13)22(30)26-14-10-16(24)21(17(25)11-14)34(3,4)5/h6-12,20H,1-5H3,(H,26,30)(H,27,29)/t20-/m0/s1. The van der Waals surface area contributed by atoms with Gasteiger partial charge >= 0.3 is 0 Å². The Labute approximate surface area is 195 Å². The van der Waals surface area contributed by atoms with Gasteiger partial charge in [0, 0.05) is 17.9 Å². The molecule has 2 amide bonds. The van der Waals surface area contributed by atoms with E-state index < -0.39 is 43.1 Å². The molecule has 1 aromatic heterocycles. The number of aromatic amines is 1. The molecule has 0 aliphatic rings. The van der Waals surface area contributed by atoms with Crippen molar-refractivity contribution in [3.8, 4) is 5.75 Å². The van der Waals surface area contributed by atoms with E-state index in [1.807, 2.05) is 24.8 Å². The highest BCUT2D eigenvalue weighted by atomic mass is 28.3. The van der Waals surface area contributed by atoms with Crippen LogP contribution in [0.3, 0.4) is 0 Å². The number of carbonyl (C=O) groups excluding carboxylic acids is 2. The molecule has 0 saturated heterocycles. The van der Waals surface area contributed by atoms with Crippen LogP contribution in [0.5, 0.6) is 5.75 Å².